The zero-order chi connectivity index (χ0) is 22.1. The van der Waals surface area contributed by atoms with Crippen LogP contribution < -0.4 is 10.6 Å². The van der Waals surface area contributed by atoms with Crippen LogP contribution in [0.5, 0.6) is 0 Å². The van der Waals surface area contributed by atoms with Crippen LogP contribution in [0.15, 0.2) is 48.5 Å². The Morgan fingerprint density at radius 3 is 2.03 bits per heavy atom. The van der Waals surface area contributed by atoms with Crippen LogP contribution in [-0.2, 0) is 14.3 Å². The number of esters is 1. The van der Waals surface area contributed by atoms with Gasteiger partial charge in [-0.25, -0.2) is 4.79 Å². The number of anilines is 2. The first-order valence-electron chi connectivity index (χ1n) is 9.58. The van der Waals surface area contributed by atoms with Gasteiger partial charge in [0, 0.05) is 37.0 Å². The van der Waals surface area contributed by atoms with Gasteiger partial charge in [0.05, 0.1) is 5.56 Å². The van der Waals surface area contributed by atoms with Gasteiger partial charge in [-0.15, -0.1) is 0 Å². The van der Waals surface area contributed by atoms with E-state index in [1.807, 2.05) is 13.8 Å². The zero-order valence-corrected chi connectivity index (χ0v) is 17.2. The number of carbonyl (C=O) groups excluding carboxylic acids is 4. The summed E-state index contributed by atoms with van der Waals surface area (Å²) >= 11 is 0. The van der Waals surface area contributed by atoms with Crippen molar-refractivity contribution in [1.82, 2.24) is 4.90 Å². The van der Waals surface area contributed by atoms with E-state index in [-0.39, 0.29) is 17.4 Å². The normalized spacial score (nSPS) is 10.1. The maximum Gasteiger partial charge on any atom is 0.338 e. The molecule has 0 aliphatic rings. The van der Waals surface area contributed by atoms with Crippen molar-refractivity contribution in [3.05, 3.63) is 59.7 Å². The van der Waals surface area contributed by atoms with Gasteiger partial charge in [-0.2, -0.15) is 0 Å². The predicted octanol–water partition coefficient (Wildman–Crippen LogP) is 2.92. The van der Waals surface area contributed by atoms with Crippen LogP contribution in [0.3, 0.4) is 0 Å². The molecule has 2 aromatic rings. The van der Waals surface area contributed by atoms with Gasteiger partial charge >= 0.3 is 5.97 Å². The molecule has 0 bridgehead atoms. The van der Waals surface area contributed by atoms with Crippen LogP contribution in [0.4, 0.5) is 11.4 Å². The minimum atomic E-state index is -0.692. The van der Waals surface area contributed by atoms with Gasteiger partial charge in [-0.3, -0.25) is 14.4 Å². The predicted molar refractivity (Wildman–Crippen MR) is 113 cm³/mol. The highest BCUT2D eigenvalue weighted by Gasteiger charge is 2.14. The molecule has 158 valence electrons. The number of amides is 3. The minimum absolute atomic E-state index is 0.124. The fraction of sp³-hybridized carbons (Fsp3) is 0.273. The van der Waals surface area contributed by atoms with Crippen molar-refractivity contribution in [1.29, 1.82) is 0 Å². The molecule has 3 amide bonds. The summed E-state index contributed by atoms with van der Waals surface area (Å²) in [7, 11) is 0. The molecule has 0 aliphatic carbocycles. The van der Waals surface area contributed by atoms with Crippen molar-refractivity contribution in [3.63, 3.8) is 0 Å². The van der Waals surface area contributed by atoms with Crippen molar-refractivity contribution in [2.75, 3.05) is 30.3 Å². The highest BCUT2D eigenvalue weighted by atomic mass is 16.5. The van der Waals surface area contributed by atoms with Crippen LogP contribution in [0.2, 0.25) is 0 Å². The Bertz CT molecular complexity index is 938. The maximum atomic E-state index is 12.4. The Kier molecular flexibility index (Phi) is 8.10. The van der Waals surface area contributed by atoms with Gasteiger partial charge in [0.1, 0.15) is 0 Å². The number of ether oxygens (including phenoxy) is 1. The molecule has 0 aromatic heterocycles. The third-order valence-electron chi connectivity index (χ3n) is 4.20. The summed E-state index contributed by atoms with van der Waals surface area (Å²) in [5.41, 5.74) is 1.56. The first-order valence-corrected chi connectivity index (χ1v) is 9.58. The smallest absolute Gasteiger partial charge is 0.338 e. The first kappa shape index (κ1) is 22.6. The molecule has 0 saturated heterocycles. The Labute approximate surface area is 175 Å². The van der Waals surface area contributed by atoms with Crippen molar-refractivity contribution in [2.45, 2.75) is 20.8 Å². The molecule has 0 unspecified atom stereocenters. The average Bonchev–Trinajstić information content (AvgIpc) is 2.72. The van der Waals surface area contributed by atoms with Crippen molar-refractivity contribution >= 4 is 35.1 Å². The highest BCUT2D eigenvalue weighted by Crippen LogP contribution is 2.14. The van der Waals surface area contributed by atoms with Gasteiger partial charge < -0.3 is 20.3 Å². The molecule has 0 spiro atoms. The molecule has 0 aliphatic heterocycles. The lowest BCUT2D eigenvalue weighted by atomic mass is 10.1. The molecule has 0 fully saturated rings. The summed E-state index contributed by atoms with van der Waals surface area (Å²) in [5.74, 6) is -1.61. The summed E-state index contributed by atoms with van der Waals surface area (Å²) in [6.07, 6.45) is 0. The lowest BCUT2D eigenvalue weighted by Crippen LogP contribution is -2.30. The molecule has 2 aromatic carbocycles. The Hall–Kier alpha value is -3.68. The number of nitrogens with one attached hydrogen (secondary N) is 2. The molecule has 0 atom stereocenters. The van der Waals surface area contributed by atoms with Gasteiger partial charge in [-0.05, 0) is 50.2 Å². The lowest BCUT2D eigenvalue weighted by molar-refractivity contribution is -0.119. The molecule has 8 heteroatoms. The molecule has 30 heavy (non-hydrogen) atoms. The maximum absolute atomic E-state index is 12.4. The van der Waals surface area contributed by atoms with Crippen LogP contribution >= 0.6 is 0 Å². The van der Waals surface area contributed by atoms with Crippen LogP contribution in [0, 0.1) is 0 Å². The zero-order valence-electron chi connectivity index (χ0n) is 17.2. The third kappa shape index (κ3) is 6.44. The first-order chi connectivity index (χ1) is 14.3. The van der Waals surface area contributed by atoms with Gasteiger partial charge in [0.15, 0.2) is 6.61 Å². The van der Waals surface area contributed by atoms with Crippen LogP contribution in [0.1, 0.15) is 41.5 Å². The second-order valence-corrected chi connectivity index (χ2v) is 6.44. The lowest BCUT2D eigenvalue weighted by Gasteiger charge is -2.19. The van der Waals surface area contributed by atoms with E-state index >= 15 is 0 Å². The molecular weight excluding hydrogens is 386 g/mol. The summed E-state index contributed by atoms with van der Waals surface area (Å²) in [6, 6.07) is 12.8. The number of nitrogens with zero attached hydrogens (tertiary/aromatic N) is 1. The van der Waals surface area contributed by atoms with E-state index in [0.29, 0.717) is 30.0 Å². The molecule has 8 nitrogen and oxygen atoms in total. The van der Waals surface area contributed by atoms with Crippen LogP contribution in [-0.4, -0.2) is 48.3 Å². The van der Waals surface area contributed by atoms with Crippen LogP contribution in [0.25, 0.3) is 0 Å². The highest BCUT2D eigenvalue weighted by molar-refractivity contribution is 5.99. The van der Waals surface area contributed by atoms with E-state index in [4.69, 9.17) is 4.74 Å². The van der Waals surface area contributed by atoms with E-state index in [1.54, 1.807) is 41.3 Å². The quantitative estimate of drug-likeness (QED) is 0.650. The average molecular weight is 411 g/mol. The summed E-state index contributed by atoms with van der Waals surface area (Å²) in [4.78, 5) is 49.5. The van der Waals surface area contributed by atoms with E-state index in [0.717, 1.165) is 0 Å². The Morgan fingerprint density at radius 1 is 0.867 bits per heavy atom. The van der Waals surface area contributed by atoms with E-state index in [2.05, 4.69) is 10.6 Å². The SMILES string of the molecule is CCN(CC)C(=O)c1cccc(NC(=O)COC(=O)c2cccc(NC(C)=O)c2)c1. The van der Waals surface area contributed by atoms with Gasteiger partial charge in [0.25, 0.3) is 11.8 Å². The Morgan fingerprint density at radius 2 is 1.43 bits per heavy atom. The molecule has 2 rings (SSSR count). The van der Waals surface area contributed by atoms with E-state index in [1.165, 1.54) is 19.1 Å². The third-order valence-corrected chi connectivity index (χ3v) is 4.20. The molecule has 0 heterocycles. The minimum Gasteiger partial charge on any atom is -0.452 e. The second-order valence-electron chi connectivity index (χ2n) is 6.44. The standard InChI is InChI=1S/C22H25N3O5/c1-4-25(5-2)21(28)16-8-6-11-19(12-16)24-20(27)14-30-22(29)17-9-7-10-18(13-17)23-15(3)26/h6-13H,4-5,14H2,1-3H3,(H,23,26)(H,24,27). The molecule has 2 N–H and O–H groups in total. The number of rotatable bonds is 8. The molecular formula is C22H25N3O5. The molecule has 0 saturated carbocycles. The fourth-order valence-corrected chi connectivity index (χ4v) is 2.76. The van der Waals surface area contributed by atoms with Crippen molar-refractivity contribution < 1.29 is 23.9 Å². The fourth-order valence-electron chi connectivity index (χ4n) is 2.76. The number of hydrogen-bond acceptors (Lipinski definition) is 5. The van der Waals surface area contributed by atoms with E-state index < -0.39 is 18.5 Å². The van der Waals surface area contributed by atoms with Crippen molar-refractivity contribution in [3.8, 4) is 0 Å². The summed E-state index contributed by atoms with van der Waals surface area (Å²) in [5, 5.41) is 5.18. The number of hydrogen-bond donors (Lipinski definition) is 2. The van der Waals surface area contributed by atoms with Gasteiger partial charge in [-0.1, -0.05) is 12.1 Å². The number of carbonyl (C=O) groups is 4. The number of benzene rings is 2. The second kappa shape index (κ2) is 10.8. The molecule has 0 radical (unpaired) electrons. The largest absolute Gasteiger partial charge is 0.452 e. The van der Waals surface area contributed by atoms with E-state index in [9.17, 15) is 19.2 Å². The monoisotopic (exact) mass is 411 g/mol. The Balaban J connectivity index is 1.95. The topological polar surface area (TPSA) is 105 Å². The van der Waals surface area contributed by atoms with Gasteiger partial charge in [0.2, 0.25) is 5.91 Å². The summed E-state index contributed by atoms with van der Waals surface area (Å²) in [6.45, 7) is 5.84. The van der Waals surface area contributed by atoms with Crippen molar-refractivity contribution in [2.24, 2.45) is 0 Å². The summed E-state index contributed by atoms with van der Waals surface area (Å²) < 4.78 is 5.03.